The molecule has 0 unspecified atom stereocenters. The van der Waals surface area contributed by atoms with Crippen LogP contribution in [0.25, 0.3) is 0 Å². The van der Waals surface area contributed by atoms with E-state index in [1.54, 1.807) is 175 Å². The Hall–Kier alpha value is -6.34. The molecule has 0 heterocycles. The smallest absolute Gasteiger partial charge is 0.347 e. The molecule has 0 aliphatic carbocycles. The first kappa shape index (κ1) is 45.2. The fraction of sp³-hybridized carbons (Fsp3) is 0.200. The van der Waals surface area contributed by atoms with Crippen molar-refractivity contribution in [3.8, 4) is 11.5 Å². The molecule has 0 saturated carbocycles. The second-order valence-corrected chi connectivity index (χ2v) is 20.3. The summed E-state index contributed by atoms with van der Waals surface area (Å²) < 4.78 is 52.3. The van der Waals surface area contributed by atoms with Crippen LogP contribution >= 0.6 is 14.3 Å². The Morgan fingerprint density at radius 3 is 1.00 bits per heavy atom. The van der Waals surface area contributed by atoms with Gasteiger partial charge in [-0.05, 0) is 63.8 Å². The minimum atomic E-state index is -3.84. The van der Waals surface area contributed by atoms with Crippen LogP contribution < -0.4 is 30.7 Å². The Kier molecular flexibility index (Phi) is 14.0. The average molecular weight is 871 g/mol. The SMILES string of the molecule is Cc1cc(C)c(C(=O)P(=O)(c2ccccc2)c2ccccc2)c(C)c1OCC(=O)OC(C)OC(=O)COc1c(C)cc(C)c(C(=O)P(=O)(c2ccccc2)c2ccccc2)c1C. The maximum Gasteiger partial charge on any atom is 0.347 e. The van der Waals surface area contributed by atoms with E-state index in [9.17, 15) is 28.3 Å². The van der Waals surface area contributed by atoms with E-state index in [1.165, 1.54) is 6.92 Å². The Morgan fingerprint density at radius 2 is 0.726 bits per heavy atom. The van der Waals surface area contributed by atoms with Gasteiger partial charge >= 0.3 is 11.9 Å². The Labute approximate surface area is 362 Å². The van der Waals surface area contributed by atoms with Crippen molar-refractivity contribution in [3.05, 3.63) is 178 Å². The molecule has 10 nitrogen and oxygen atoms in total. The topological polar surface area (TPSA) is 139 Å². The maximum atomic E-state index is 14.9. The van der Waals surface area contributed by atoms with E-state index in [0.29, 0.717) is 54.6 Å². The lowest BCUT2D eigenvalue weighted by atomic mass is 9.99. The first-order valence-electron chi connectivity index (χ1n) is 20.0. The van der Waals surface area contributed by atoms with Crippen molar-refractivity contribution in [2.75, 3.05) is 13.2 Å². The van der Waals surface area contributed by atoms with Crippen LogP contribution in [0.3, 0.4) is 0 Å². The number of carbonyl (C=O) groups is 4. The molecule has 0 bridgehead atoms. The van der Waals surface area contributed by atoms with Crippen LogP contribution in [0, 0.1) is 41.5 Å². The molecule has 0 atom stereocenters. The second-order valence-electron chi connectivity index (χ2n) is 15.0. The van der Waals surface area contributed by atoms with E-state index in [1.807, 2.05) is 0 Å². The standard InChI is InChI=1S/C50H48O10P2/c1-32-28-34(3)47(36(5)45(32)49(53)61(55,39-20-12-8-13-21-39)40-22-14-9-15-23-40)57-30-43(51)59-38(7)60-44(52)31-58-48-35(4)29-33(2)46(37(48)6)50(54)62(56,41-24-16-10-17-25-41)42-26-18-11-19-27-42/h8-29,38H,30-31H2,1-7H3. The molecule has 0 N–H and O–H groups in total. The molecule has 0 amide bonds. The summed E-state index contributed by atoms with van der Waals surface area (Å²) in [7, 11) is -7.68. The zero-order valence-electron chi connectivity index (χ0n) is 35.7. The first-order chi connectivity index (χ1) is 29.6. The molecule has 0 aromatic heterocycles. The van der Waals surface area contributed by atoms with E-state index >= 15 is 0 Å². The highest BCUT2D eigenvalue weighted by Crippen LogP contribution is 2.50. The number of aryl methyl sites for hydroxylation is 4. The van der Waals surface area contributed by atoms with Gasteiger partial charge < -0.3 is 28.1 Å². The zero-order chi connectivity index (χ0) is 44.8. The van der Waals surface area contributed by atoms with Crippen LogP contribution in [-0.4, -0.2) is 42.5 Å². The summed E-state index contributed by atoms with van der Waals surface area (Å²) in [5.74, 6) is -1.20. The van der Waals surface area contributed by atoms with E-state index in [2.05, 4.69) is 0 Å². The Balaban J connectivity index is 1.12. The fourth-order valence-electron chi connectivity index (χ4n) is 7.80. The second kappa shape index (κ2) is 19.1. The minimum absolute atomic E-state index is 0.231. The highest BCUT2D eigenvalue weighted by Gasteiger charge is 2.40. The zero-order valence-corrected chi connectivity index (χ0v) is 37.5. The Morgan fingerprint density at radius 1 is 0.452 bits per heavy atom. The molecule has 6 aromatic rings. The molecular formula is C50H48O10P2. The molecule has 6 aromatic carbocycles. The molecular weight excluding hydrogens is 822 g/mol. The molecule has 0 aliphatic rings. The summed E-state index contributed by atoms with van der Waals surface area (Å²) in [4.78, 5) is 54.9. The van der Waals surface area contributed by atoms with Crippen molar-refractivity contribution < 1.29 is 47.3 Å². The molecule has 0 saturated heterocycles. The molecule has 0 spiro atoms. The normalized spacial score (nSPS) is 11.5. The summed E-state index contributed by atoms with van der Waals surface area (Å²) in [5, 5.41) is 1.59. The number of benzene rings is 6. The molecule has 0 aliphatic heterocycles. The molecule has 318 valence electrons. The van der Waals surface area contributed by atoms with Crippen LogP contribution in [0.2, 0.25) is 0 Å². The summed E-state index contributed by atoms with van der Waals surface area (Å²) in [6, 6.07) is 38.0. The van der Waals surface area contributed by atoms with Crippen LogP contribution in [0.15, 0.2) is 133 Å². The summed E-state index contributed by atoms with van der Waals surface area (Å²) in [6.45, 7) is 10.6. The van der Waals surface area contributed by atoms with Gasteiger partial charge in [-0.2, -0.15) is 0 Å². The molecule has 12 heteroatoms. The molecule has 6 rings (SSSR count). The van der Waals surface area contributed by atoms with Gasteiger partial charge in [0, 0.05) is 50.4 Å². The van der Waals surface area contributed by atoms with Crippen molar-refractivity contribution in [2.24, 2.45) is 0 Å². The first-order valence-corrected chi connectivity index (χ1v) is 23.4. The van der Waals surface area contributed by atoms with Crippen molar-refractivity contribution in [1.29, 1.82) is 0 Å². The van der Waals surface area contributed by atoms with Crippen molar-refractivity contribution in [2.45, 2.75) is 54.8 Å². The van der Waals surface area contributed by atoms with Crippen molar-refractivity contribution in [1.82, 2.24) is 0 Å². The van der Waals surface area contributed by atoms with Crippen LogP contribution in [0.1, 0.15) is 61.0 Å². The number of hydrogen-bond donors (Lipinski definition) is 0. The van der Waals surface area contributed by atoms with E-state index < -0.39 is 56.8 Å². The van der Waals surface area contributed by atoms with Gasteiger partial charge in [0.15, 0.2) is 13.2 Å². The lowest BCUT2D eigenvalue weighted by molar-refractivity contribution is -0.187. The van der Waals surface area contributed by atoms with Gasteiger partial charge in [-0.25, -0.2) is 9.59 Å². The van der Waals surface area contributed by atoms with Gasteiger partial charge in [0.05, 0.1) is 0 Å². The molecule has 62 heavy (non-hydrogen) atoms. The summed E-state index contributed by atoms with van der Waals surface area (Å²) in [6.07, 6.45) is -1.33. The average Bonchev–Trinajstić information content (AvgIpc) is 3.26. The number of hydrogen-bond acceptors (Lipinski definition) is 10. The van der Waals surface area contributed by atoms with Gasteiger partial charge in [-0.3, -0.25) is 9.59 Å². The quantitative estimate of drug-likeness (QED) is 0.0527. The van der Waals surface area contributed by atoms with Gasteiger partial charge in [-0.1, -0.05) is 133 Å². The maximum absolute atomic E-state index is 14.9. The lowest BCUT2D eigenvalue weighted by Crippen LogP contribution is -2.28. The predicted octanol–water partition coefficient (Wildman–Crippen LogP) is 8.74. The van der Waals surface area contributed by atoms with Gasteiger partial charge in [0.1, 0.15) is 11.5 Å². The van der Waals surface area contributed by atoms with Gasteiger partial charge in [-0.15, -0.1) is 0 Å². The lowest BCUT2D eigenvalue weighted by Gasteiger charge is -2.23. The number of esters is 2. The third-order valence-electron chi connectivity index (χ3n) is 10.5. The van der Waals surface area contributed by atoms with E-state index in [-0.39, 0.29) is 22.6 Å². The van der Waals surface area contributed by atoms with E-state index in [4.69, 9.17) is 18.9 Å². The third-order valence-corrected chi connectivity index (χ3v) is 16.2. The number of rotatable bonds is 16. The van der Waals surface area contributed by atoms with Crippen molar-refractivity contribution in [3.63, 3.8) is 0 Å². The van der Waals surface area contributed by atoms with Gasteiger partial charge in [0.25, 0.3) is 0 Å². The highest BCUT2D eigenvalue weighted by molar-refractivity contribution is 7.94. The summed E-state index contributed by atoms with van der Waals surface area (Å²) in [5.41, 5.74) is 2.67. The molecule has 0 radical (unpaired) electrons. The fourth-order valence-corrected chi connectivity index (χ4v) is 13.0. The largest absolute Gasteiger partial charge is 0.481 e. The van der Waals surface area contributed by atoms with Crippen LogP contribution in [-0.2, 0) is 28.2 Å². The monoisotopic (exact) mass is 870 g/mol. The van der Waals surface area contributed by atoms with Gasteiger partial charge in [0.2, 0.25) is 31.6 Å². The predicted molar refractivity (Wildman–Crippen MR) is 242 cm³/mol. The Bertz CT molecular complexity index is 2460. The minimum Gasteiger partial charge on any atom is -0.481 e. The van der Waals surface area contributed by atoms with Crippen LogP contribution in [0.5, 0.6) is 11.5 Å². The number of ether oxygens (including phenoxy) is 4. The van der Waals surface area contributed by atoms with E-state index in [0.717, 1.165) is 0 Å². The molecule has 0 fully saturated rings. The number of carbonyl (C=O) groups excluding carboxylic acids is 4. The van der Waals surface area contributed by atoms with Crippen molar-refractivity contribution >= 4 is 58.5 Å². The third kappa shape index (κ3) is 9.13. The summed E-state index contributed by atoms with van der Waals surface area (Å²) >= 11 is 0. The van der Waals surface area contributed by atoms with Crippen LogP contribution in [0.4, 0.5) is 0 Å². The highest BCUT2D eigenvalue weighted by atomic mass is 31.2.